The highest BCUT2D eigenvalue weighted by Crippen LogP contribution is 1.98. The van der Waals surface area contributed by atoms with Gasteiger partial charge in [0.15, 0.2) is 0 Å². The average Bonchev–Trinajstić information content (AvgIpc) is 2.63. The van der Waals surface area contributed by atoms with E-state index in [1.165, 1.54) is 0 Å². The van der Waals surface area contributed by atoms with Crippen LogP contribution in [-0.2, 0) is 17.7 Å². The van der Waals surface area contributed by atoms with E-state index in [2.05, 4.69) is 15.5 Å². The molecule has 0 amide bonds. The van der Waals surface area contributed by atoms with E-state index in [0.29, 0.717) is 6.61 Å². The van der Waals surface area contributed by atoms with Crippen LogP contribution in [0.15, 0.2) is 6.33 Å². The van der Waals surface area contributed by atoms with Crippen molar-refractivity contribution in [3.63, 3.8) is 0 Å². The average molecular weight is 198 g/mol. The summed E-state index contributed by atoms with van der Waals surface area (Å²) in [5.41, 5.74) is 0. The summed E-state index contributed by atoms with van der Waals surface area (Å²) in [7, 11) is 3.65. The van der Waals surface area contributed by atoms with Crippen LogP contribution in [0.3, 0.4) is 0 Å². The van der Waals surface area contributed by atoms with Crippen molar-refractivity contribution in [1.29, 1.82) is 0 Å². The minimum atomic E-state index is 0.705. The summed E-state index contributed by atoms with van der Waals surface area (Å²) in [5.74, 6) is 1.04. The van der Waals surface area contributed by atoms with Crippen molar-refractivity contribution < 1.29 is 4.74 Å². The minimum Gasteiger partial charge on any atom is -0.383 e. The van der Waals surface area contributed by atoms with Crippen LogP contribution in [0, 0.1) is 0 Å². The number of methoxy groups -OCH3 is 1. The Morgan fingerprint density at radius 2 is 2.43 bits per heavy atom. The molecule has 0 aliphatic heterocycles. The third-order valence-electron chi connectivity index (χ3n) is 2.06. The van der Waals surface area contributed by atoms with Crippen molar-refractivity contribution in [3.8, 4) is 0 Å². The lowest BCUT2D eigenvalue weighted by Gasteiger charge is -2.05. The maximum Gasteiger partial charge on any atom is 0.132 e. The Morgan fingerprint density at radius 3 is 3.14 bits per heavy atom. The van der Waals surface area contributed by atoms with Gasteiger partial charge in [0.1, 0.15) is 12.2 Å². The molecule has 0 spiro atoms. The molecule has 14 heavy (non-hydrogen) atoms. The van der Waals surface area contributed by atoms with Gasteiger partial charge in [-0.3, -0.25) is 0 Å². The van der Waals surface area contributed by atoms with Gasteiger partial charge in [-0.05, 0) is 20.0 Å². The van der Waals surface area contributed by atoms with Crippen molar-refractivity contribution in [2.24, 2.45) is 0 Å². The van der Waals surface area contributed by atoms with Gasteiger partial charge in [-0.2, -0.15) is 0 Å². The van der Waals surface area contributed by atoms with Gasteiger partial charge in [0.25, 0.3) is 0 Å². The van der Waals surface area contributed by atoms with E-state index in [0.717, 1.165) is 31.8 Å². The second-order valence-corrected chi connectivity index (χ2v) is 3.14. The van der Waals surface area contributed by atoms with Gasteiger partial charge in [0, 0.05) is 20.1 Å². The number of hydrogen-bond acceptors (Lipinski definition) is 4. The third-order valence-corrected chi connectivity index (χ3v) is 2.06. The highest BCUT2D eigenvalue weighted by atomic mass is 16.5. The first-order valence-electron chi connectivity index (χ1n) is 4.88. The first-order chi connectivity index (χ1) is 6.88. The summed E-state index contributed by atoms with van der Waals surface area (Å²) in [5, 5.41) is 11.1. The molecule has 0 aromatic carbocycles. The van der Waals surface area contributed by atoms with Crippen molar-refractivity contribution >= 4 is 0 Å². The Balaban J connectivity index is 2.37. The lowest BCUT2D eigenvalue weighted by Crippen LogP contribution is -2.12. The molecule has 1 aromatic heterocycles. The number of aryl methyl sites for hydroxylation is 1. The highest BCUT2D eigenvalue weighted by molar-refractivity contribution is 4.85. The fourth-order valence-corrected chi connectivity index (χ4v) is 1.27. The molecule has 80 valence electrons. The Hall–Kier alpha value is -0.940. The molecule has 0 atom stereocenters. The number of rotatable bonds is 7. The lowest BCUT2D eigenvalue weighted by atomic mass is 10.3. The van der Waals surface area contributed by atoms with Crippen LogP contribution >= 0.6 is 0 Å². The molecule has 0 fully saturated rings. The monoisotopic (exact) mass is 198 g/mol. The molecule has 1 aromatic rings. The molecule has 0 radical (unpaired) electrons. The maximum absolute atomic E-state index is 5.01. The molecule has 1 rings (SSSR count). The standard InChI is InChI=1S/C9H18N4O/c1-10-5-3-4-9-12-11-8-13(9)6-7-14-2/h8,10H,3-7H2,1-2H3. The molecule has 0 saturated carbocycles. The summed E-state index contributed by atoms with van der Waals surface area (Å²) in [6, 6.07) is 0. The van der Waals surface area contributed by atoms with Gasteiger partial charge in [0.2, 0.25) is 0 Å². The Morgan fingerprint density at radius 1 is 1.57 bits per heavy atom. The first-order valence-corrected chi connectivity index (χ1v) is 4.88. The smallest absolute Gasteiger partial charge is 0.132 e. The SMILES string of the molecule is CNCCCc1nncn1CCOC. The topological polar surface area (TPSA) is 52.0 Å². The molecule has 0 unspecified atom stereocenters. The third kappa shape index (κ3) is 3.43. The van der Waals surface area contributed by atoms with E-state index in [1.54, 1.807) is 13.4 Å². The van der Waals surface area contributed by atoms with Crippen LogP contribution in [0.5, 0.6) is 0 Å². The van der Waals surface area contributed by atoms with Gasteiger partial charge in [-0.1, -0.05) is 0 Å². The van der Waals surface area contributed by atoms with Crippen LogP contribution in [0.25, 0.3) is 0 Å². The van der Waals surface area contributed by atoms with E-state index in [1.807, 2.05) is 11.6 Å². The normalized spacial score (nSPS) is 10.7. The van der Waals surface area contributed by atoms with Gasteiger partial charge in [-0.25, -0.2) is 0 Å². The Labute approximate surface area is 84.5 Å². The fraction of sp³-hybridized carbons (Fsp3) is 0.778. The number of ether oxygens (including phenoxy) is 1. The Bertz CT molecular complexity index is 249. The van der Waals surface area contributed by atoms with Gasteiger partial charge in [0.05, 0.1) is 6.61 Å². The van der Waals surface area contributed by atoms with Crippen molar-refractivity contribution in [1.82, 2.24) is 20.1 Å². The summed E-state index contributed by atoms with van der Waals surface area (Å²) in [4.78, 5) is 0. The molecule has 1 N–H and O–H groups in total. The van der Waals surface area contributed by atoms with Gasteiger partial charge < -0.3 is 14.6 Å². The zero-order chi connectivity index (χ0) is 10.2. The largest absolute Gasteiger partial charge is 0.383 e. The predicted octanol–water partition coefficient (Wildman–Crippen LogP) is 0.0765. The molecule has 0 aliphatic carbocycles. The second-order valence-electron chi connectivity index (χ2n) is 3.14. The van der Waals surface area contributed by atoms with E-state index < -0.39 is 0 Å². The summed E-state index contributed by atoms with van der Waals surface area (Å²) < 4.78 is 7.05. The van der Waals surface area contributed by atoms with Crippen LogP contribution in [-0.4, -0.2) is 42.1 Å². The second kappa shape index (κ2) is 6.50. The number of nitrogens with zero attached hydrogens (tertiary/aromatic N) is 3. The first kappa shape index (κ1) is 11.1. The van der Waals surface area contributed by atoms with E-state index in [9.17, 15) is 0 Å². The summed E-state index contributed by atoms with van der Waals surface area (Å²) in [6.45, 7) is 2.55. The highest BCUT2D eigenvalue weighted by Gasteiger charge is 2.02. The molecule has 1 heterocycles. The van der Waals surface area contributed by atoms with Gasteiger partial charge in [-0.15, -0.1) is 10.2 Å². The zero-order valence-electron chi connectivity index (χ0n) is 8.86. The van der Waals surface area contributed by atoms with Crippen LogP contribution in [0.1, 0.15) is 12.2 Å². The van der Waals surface area contributed by atoms with Crippen LogP contribution < -0.4 is 5.32 Å². The predicted molar refractivity (Wildman–Crippen MR) is 54.1 cm³/mol. The number of nitrogens with one attached hydrogen (secondary N) is 1. The van der Waals surface area contributed by atoms with Crippen LogP contribution in [0.4, 0.5) is 0 Å². The van der Waals surface area contributed by atoms with Crippen LogP contribution in [0.2, 0.25) is 0 Å². The zero-order valence-corrected chi connectivity index (χ0v) is 8.86. The molecule has 5 nitrogen and oxygen atoms in total. The quantitative estimate of drug-likeness (QED) is 0.630. The summed E-state index contributed by atoms with van der Waals surface area (Å²) >= 11 is 0. The van der Waals surface area contributed by atoms with E-state index >= 15 is 0 Å². The molecular formula is C9H18N4O. The maximum atomic E-state index is 5.01. The Kier molecular flexibility index (Phi) is 5.17. The van der Waals surface area contributed by atoms with E-state index in [4.69, 9.17) is 4.74 Å². The molecule has 0 bridgehead atoms. The lowest BCUT2D eigenvalue weighted by molar-refractivity contribution is 0.186. The minimum absolute atomic E-state index is 0.705. The van der Waals surface area contributed by atoms with Crippen molar-refractivity contribution in [3.05, 3.63) is 12.2 Å². The van der Waals surface area contributed by atoms with Crippen molar-refractivity contribution in [2.45, 2.75) is 19.4 Å². The molecule has 5 heteroatoms. The van der Waals surface area contributed by atoms with E-state index in [-0.39, 0.29) is 0 Å². The molecule has 0 aliphatic rings. The van der Waals surface area contributed by atoms with Crippen molar-refractivity contribution in [2.75, 3.05) is 27.3 Å². The summed E-state index contributed by atoms with van der Waals surface area (Å²) in [6.07, 6.45) is 3.81. The number of aromatic nitrogens is 3. The molecule has 0 saturated heterocycles. The molecular weight excluding hydrogens is 180 g/mol. The number of hydrogen-bond donors (Lipinski definition) is 1. The fourth-order valence-electron chi connectivity index (χ4n) is 1.27. The van der Waals surface area contributed by atoms with Gasteiger partial charge >= 0.3 is 0 Å².